The van der Waals surface area contributed by atoms with Gasteiger partial charge in [0.25, 0.3) is 0 Å². The molecule has 0 spiro atoms. The maximum absolute atomic E-state index is 11.0. The fourth-order valence-corrected chi connectivity index (χ4v) is 2.38. The third-order valence-electron chi connectivity index (χ3n) is 2.65. The monoisotopic (exact) mass is 256 g/mol. The van der Waals surface area contributed by atoms with Gasteiger partial charge in [0.2, 0.25) is 10.0 Å². The quantitative estimate of drug-likeness (QED) is 0.421. The Morgan fingerprint density at radius 3 is 2.29 bits per heavy atom. The predicted molar refractivity (Wildman–Crippen MR) is 69.7 cm³/mol. The van der Waals surface area contributed by atoms with Crippen LogP contribution in [0.15, 0.2) is 30.3 Å². The summed E-state index contributed by atoms with van der Waals surface area (Å²) in [5, 5.41) is 0. The summed E-state index contributed by atoms with van der Waals surface area (Å²) < 4.78 is 22.0. The van der Waals surface area contributed by atoms with Crippen LogP contribution in [-0.2, 0) is 16.4 Å². The number of benzene rings is 1. The van der Waals surface area contributed by atoms with Gasteiger partial charge in [0, 0.05) is 0 Å². The molecular formula is C12H20N2O2S. The second kappa shape index (κ2) is 7.42. The van der Waals surface area contributed by atoms with Crippen LogP contribution in [-0.4, -0.2) is 14.2 Å². The Morgan fingerprint density at radius 2 is 1.65 bits per heavy atom. The number of hydrogen-bond donors (Lipinski definition) is 2. The van der Waals surface area contributed by atoms with Gasteiger partial charge in [0.15, 0.2) is 0 Å². The number of aryl methyl sites for hydroxylation is 1. The minimum Gasteiger partial charge on any atom is -0.258 e. The van der Waals surface area contributed by atoms with Gasteiger partial charge in [0.1, 0.15) is 0 Å². The summed E-state index contributed by atoms with van der Waals surface area (Å²) in [4.78, 5) is 1.83. The smallest absolute Gasteiger partial charge is 0.224 e. The first-order valence-corrected chi connectivity index (χ1v) is 7.53. The van der Waals surface area contributed by atoms with Crippen LogP contribution in [0, 0.1) is 0 Å². The highest BCUT2D eigenvalue weighted by Gasteiger charge is 2.05. The largest absolute Gasteiger partial charge is 0.258 e. The maximum Gasteiger partial charge on any atom is 0.224 e. The van der Waals surface area contributed by atoms with E-state index in [1.807, 2.05) is 23.0 Å². The molecule has 0 aromatic heterocycles. The van der Waals surface area contributed by atoms with Gasteiger partial charge in [-0.3, -0.25) is 5.84 Å². The minimum atomic E-state index is -3.23. The molecule has 96 valence electrons. The van der Waals surface area contributed by atoms with Gasteiger partial charge < -0.3 is 0 Å². The molecule has 17 heavy (non-hydrogen) atoms. The van der Waals surface area contributed by atoms with E-state index in [1.165, 1.54) is 5.56 Å². The predicted octanol–water partition coefficient (Wildman–Crippen LogP) is 1.58. The molecule has 3 N–H and O–H groups in total. The lowest BCUT2D eigenvalue weighted by Crippen LogP contribution is -2.32. The Hall–Kier alpha value is -0.910. The molecule has 0 aliphatic heterocycles. The second-order valence-electron chi connectivity index (χ2n) is 4.09. The molecular weight excluding hydrogens is 236 g/mol. The number of nitrogens with two attached hydrogens (primary N) is 1. The molecule has 4 nitrogen and oxygen atoms in total. The summed E-state index contributed by atoms with van der Waals surface area (Å²) in [6, 6.07) is 10.3. The van der Waals surface area contributed by atoms with Crippen molar-refractivity contribution >= 4 is 10.0 Å². The van der Waals surface area contributed by atoms with Crippen LogP contribution >= 0.6 is 0 Å². The van der Waals surface area contributed by atoms with E-state index in [2.05, 4.69) is 12.1 Å². The molecule has 5 heteroatoms. The van der Waals surface area contributed by atoms with E-state index in [0.29, 0.717) is 6.42 Å². The van der Waals surface area contributed by atoms with Crippen LogP contribution in [0.4, 0.5) is 0 Å². The molecule has 0 amide bonds. The molecule has 0 aliphatic carbocycles. The second-order valence-corrected chi connectivity index (χ2v) is 5.96. The van der Waals surface area contributed by atoms with E-state index < -0.39 is 10.0 Å². The lowest BCUT2D eigenvalue weighted by atomic mass is 10.1. The molecule has 1 aromatic carbocycles. The third kappa shape index (κ3) is 6.41. The van der Waals surface area contributed by atoms with E-state index in [4.69, 9.17) is 5.84 Å². The number of sulfonamides is 1. The normalized spacial score (nSPS) is 11.6. The average Bonchev–Trinajstić information content (AvgIpc) is 2.35. The van der Waals surface area contributed by atoms with Crippen molar-refractivity contribution in [3.63, 3.8) is 0 Å². The first kappa shape index (κ1) is 14.2. The fraction of sp³-hybridized carbons (Fsp3) is 0.500. The van der Waals surface area contributed by atoms with Crippen LogP contribution in [0.25, 0.3) is 0 Å². The van der Waals surface area contributed by atoms with Crippen LogP contribution < -0.4 is 10.7 Å². The Kier molecular flexibility index (Phi) is 6.18. The third-order valence-corrected chi connectivity index (χ3v) is 3.84. The topological polar surface area (TPSA) is 72.2 Å². The van der Waals surface area contributed by atoms with E-state index in [1.54, 1.807) is 0 Å². The number of nitrogens with one attached hydrogen (secondary N) is 1. The lowest BCUT2D eigenvalue weighted by molar-refractivity contribution is 0.576. The van der Waals surface area contributed by atoms with E-state index >= 15 is 0 Å². The average molecular weight is 256 g/mol. The van der Waals surface area contributed by atoms with Crippen molar-refractivity contribution in [2.24, 2.45) is 5.84 Å². The molecule has 0 heterocycles. The summed E-state index contributed by atoms with van der Waals surface area (Å²) in [7, 11) is -3.23. The lowest BCUT2D eigenvalue weighted by Gasteiger charge is -2.03. The Bertz CT molecular complexity index is 404. The summed E-state index contributed by atoms with van der Waals surface area (Å²) in [5.74, 6) is 5.01. The fourth-order valence-electron chi connectivity index (χ4n) is 1.68. The maximum atomic E-state index is 11.0. The molecule has 1 aromatic rings. The van der Waals surface area contributed by atoms with Crippen molar-refractivity contribution in [2.75, 3.05) is 5.75 Å². The van der Waals surface area contributed by atoms with Crippen LogP contribution in [0.1, 0.15) is 31.2 Å². The summed E-state index contributed by atoms with van der Waals surface area (Å²) in [6.45, 7) is 0. The number of unbranched alkanes of at least 4 members (excludes halogenated alkanes) is 3. The van der Waals surface area contributed by atoms with Gasteiger partial charge in [-0.05, 0) is 24.8 Å². The van der Waals surface area contributed by atoms with Gasteiger partial charge in [-0.25, -0.2) is 8.42 Å². The van der Waals surface area contributed by atoms with E-state index in [0.717, 1.165) is 25.7 Å². The SMILES string of the molecule is NNS(=O)(=O)CCCCCCc1ccccc1. The molecule has 0 atom stereocenters. The highest BCUT2D eigenvalue weighted by Crippen LogP contribution is 2.07. The number of hydrazine groups is 1. The molecule has 0 radical (unpaired) electrons. The zero-order chi connectivity index (χ0) is 12.6. The van der Waals surface area contributed by atoms with Crippen molar-refractivity contribution in [1.29, 1.82) is 0 Å². The first-order chi connectivity index (χ1) is 8.14. The summed E-state index contributed by atoms with van der Waals surface area (Å²) in [6.07, 6.45) is 4.80. The van der Waals surface area contributed by atoms with Gasteiger partial charge in [-0.2, -0.15) is 4.83 Å². The summed E-state index contributed by atoms with van der Waals surface area (Å²) >= 11 is 0. The van der Waals surface area contributed by atoms with Crippen LogP contribution in [0.2, 0.25) is 0 Å². The molecule has 0 bridgehead atoms. The van der Waals surface area contributed by atoms with Crippen molar-refractivity contribution in [3.8, 4) is 0 Å². The molecule has 0 fully saturated rings. The first-order valence-electron chi connectivity index (χ1n) is 5.88. The number of rotatable bonds is 8. The molecule has 0 saturated heterocycles. The van der Waals surface area contributed by atoms with Gasteiger partial charge in [0.05, 0.1) is 5.75 Å². The zero-order valence-electron chi connectivity index (χ0n) is 9.93. The van der Waals surface area contributed by atoms with Crippen molar-refractivity contribution in [3.05, 3.63) is 35.9 Å². The Labute approximate surface area is 103 Å². The highest BCUT2D eigenvalue weighted by atomic mass is 32.2. The molecule has 0 unspecified atom stereocenters. The minimum absolute atomic E-state index is 0.120. The molecule has 0 saturated carbocycles. The standard InChI is InChI=1S/C12H20N2O2S/c13-14-17(15,16)11-7-2-1-4-8-12-9-5-3-6-10-12/h3,5-6,9-10,14H,1-2,4,7-8,11,13H2. The Morgan fingerprint density at radius 1 is 1.00 bits per heavy atom. The van der Waals surface area contributed by atoms with Crippen molar-refractivity contribution < 1.29 is 8.42 Å². The van der Waals surface area contributed by atoms with Crippen molar-refractivity contribution in [1.82, 2.24) is 4.83 Å². The molecule has 1 rings (SSSR count). The van der Waals surface area contributed by atoms with Crippen LogP contribution in [0.5, 0.6) is 0 Å². The number of hydrogen-bond acceptors (Lipinski definition) is 3. The Balaban J connectivity index is 2.06. The van der Waals surface area contributed by atoms with Gasteiger partial charge in [-0.1, -0.05) is 43.2 Å². The van der Waals surface area contributed by atoms with Gasteiger partial charge in [-0.15, -0.1) is 0 Å². The van der Waals surface area contributed by atoms with E-state index in [9.17, 15) is 8.42 Å². The van der Waals surface area contributed by atoms with E-state index in [-0.39, 0.29) is 5.75 Å². The van der Waals surface area contributed by atoms with Gasteiger partial charge >= 0.3 is 0 Å². The molecule has 0 aliphatic rings. The zero-order valence-corrected chi connectivity index (χ0v) is 10.7. The van der Waals surface area contributed by atoms with Crippen molar-refractivity contribution in [2.45, 2.75) is 32.1 Å². The van der Waals surface area contributed by atoms with Crippen LogP contribution in [0.3, 0.4) is 0 Å². The summed E-state index contributed by atoms with van der Waals surface area (Å²) in [5.41, 5.74) is 1.34. The highest BCUT2D eigenvalue weighted by molar-refractivity contribution is 7.89.